The van der Waals surface area contributed by atoms with Crippen LogP contribution in [0, 0.1) is 6.92 Å². The Morgan fingerprint density at radius 2 is 1.68 bits per heavy atom. The van der Waals surface area contributed by atoms with Gasteiger partial charge in [0.25, 0.3) is 0 Å². The van der Waals surface area contributed by atoms with Crippen molar-refractivity contribution in [2.75, 3.05) is 26.1 Å². The Hall–Kier alpha value is -4.10. The van der Waals surface area contributed by atoms with Crippen LogP contribution < -0.4 is 14.2 Å². The number of methoxy groups -OCH3 is 3. The van der Waals surface area contributed by atoms with Gasteiger partial charge in [0.05, 0.1) is 31.8 Å². The molecule has 0 aliphatic heterocycles. The largest absolute Gasteiger partial charge is 0.494 e. The van der Waals surface area contributed by atoms with Crippen molar-refractivity contribution in [3.05, 3.63) is 66.5 Å². The lowest BCUT2D eigenvalue weighted by Crippen LogP contribution is -2.33. The van der Waals surface area contributed by atoms with E-state index >= 15 is 0 Å². The van der Waals surface area contributed by atoms with E-state index in [4.69, 9.17) is 14.2 Å². The van der Waals surface area contributed by atoms with Crippen LogP contribution in [0.4, 0.5) is 5.95 Å². The third-order valence-corrected chi connectivity index (χ3v) is 7.40. The number of nitrogens with one attached hydrogen (secondary N) is 1. The van der Waals surface area contributed by atoms with E-state index in [0.29, 0.717) is 40.0 Å². The average Bonchev–Trinajstić information content (AvgIpc) is 3.32. The number of ether oxygens (including phenoxy) is 3. The molecule has 0 bridgehead atoms. The second kappa shape index (κ2) is 10.9. The summed E-state index contributed by atoms with van der Waals surface area (Å²) in [5.74, 6) is 1.09. The number of para-hydroxylation sites is 1. The molecule has 0 amide bonds. The molecule has 0 spiro atoms. The van der Waals surface area contributed by atoms with Crippen LogP contribution >= 0.6 is 0 Å². The molecule has 37 heavy (non-hydrogen) atoms. The highest BCUT2D eigenvalue weighted by atomic mass is 32.2. The topological polar surface area (TPSA) is 143 Å². The molecule has 0 radical (unpaired) electrons. The van der Waals surface area contributed by atoms with E-state index in [1.807, 2.05) is 0 Å². The lowest BCUT2D eigenvalue weighted by atomic mass is 10.2. The van der Waals surface area contributed by atoms with Gasteiger partial charge in [0, 0.05) is 31.3 Å². The first-order valence-electron chi connectivity index (χ1n) is 11.2. The third-order valence-electron chi connectivity index (χ3n) is 5.70. The predicted molar refractivity (Wildman–Crippen MR) is 136 cm³/mol. The Morgan fingerprint density at radius 1 is 0.946 bits per heavy atom. The zero-order valence-corrected chi connectivity index (χ0v) is 21.8. The Balaban J connectivity index is 1.83. The van der Waals surface area contributed by atoms with Gasteiger partial charge in [-0.25, -0.2) is 8.42 Å². The molecule has 2 atom stereocenters. The van der Waals surface area contributed by atoms with Crippen molar-refractivity contribution < 1.29 is 22.6 Å². The maximum Gasteiger partial charge on any atom is 0.243 e. The monoisotopic (exact) mass is 525 g/mol. The van der Waals surface area contributed by atoms with E-state index in [1.54, 1.807) is 55.8 Å². The fourth-order valence-electron chi connectivity index (χ4n) is 3.78. The number of hydrogen-bond donors (Lipinski definition) is 1. The van der Waals surface area contributed by atoms with E-state index < -0.39 is 21.4 Å². The van der Waals surface area contributed by atoms with Gasteiger partial charge in [-0.3, -0.25) is 24.2 Å². The van der Waals surface area contributed by atoms with Crippen molar-refractivity contribution in [3.8, 4) is 28.6 Å². The Bertz CT molecular complexity index is 1440. The first-order chi connectivity index (χ1) is 17.8. The van der Waals surface area contributed by atoms with Gasteiger partial charge in [-0.2, -0.15) is 0 Å². The molecular weight excluding hydrogens is 498 g/mol. The smallest absolute Gasteiger partial charge is 0.243 e. The molecule has 13 heteroatoms. The first-order valence-corrected chi connectivity index (χ1v) is 12.8. The standard InChI is InChI=1S/C24H27N7O5S/c1-15-12-27-18(14-26-15)22(36-5)16(2)37(32,33)30-24-29-28-23(17-8-7-11-25-13-17)31(24)21-19(34-3)9-6-10-20(21)35-4/h6-14,16,22H,1-5H3,(H,29,30)/t16-,22+/m0/s1. The molecule has 0 saturated carbocycles. The normalized spacial score (nSPS) is 13.1. The summed E-state index contributed by atoms with van der Waals surface area (Å²) in [4.78, 5) is 12.7. The van der Waals surface area contributed by atoms with E-state index in [9.17, 15) is 8.42 Å². The summed E-state index contributed by atoms with van der Waals surface area (Å²) < 4.78 is 47.9. The summed E-state index contributed by atoms with van der Waals surface area (Å²) in [6, 6.07) is 8.73. The number of rotatable bonds is 10. The van der Waals surface area contributed by atoms with Gasteiger partial charge in [0.2, 0.25) is 16.0 Å². The van der Waals surface area contributed by atoms with E-state index in [-0.39, 0.29) is 5.95 Å². The summed E-state index contributed by atoms with van der Waals surface area (Å²) in [7, 11) is 0.341. The number of anilines is 1. The van der Waals surface area contributed by atoms with Gasteiger partial charge in [0.15, 0.2) is 5.82 Å². The number of aromatic nitrogens is 6. The second-order valence-electron chi connectivity index (χ2n) is 8.03. The van der Waals surface area contributed by atoms with Crippen molar-refractivity contribution in [1.29, 1.82) is 0 Å². The van der Waals surface area contributed by atoms with Crippen molar-refractivity contribution in [3.63, 3.8) is 0 Å². The third kappa shape index (κ3) is 5.22. The number of hydrogen-bond acceptors (Lipinski definition) is 10. The number of pyridine rings is 1. The average molecular weight is 526 g/mol. The van der Waals surface area contributed by atoms with Crippen molar-refractivity contribution in [1.82, 2.24) is 29.7 Å². The number of aryl methyl sites for hydroxylation is 1. The van der Waals surface area contributed by atoms with Crippen LogP contribution in [-0.4, -0.2) is 64.7 Å². The molecule has 1 aromatic carbocycles. The molecule has 194 valence electrons. The number of sulfonamides is 1. The molecule has 0 fully saturated rings. The molecule has 0 aliphatic rings. The number of benzene rings is 1. The molecule has 0 saturated heterocycles. The van der Waals surface area contributed by atoms with E-state index in [0.717, 1.165) is 0 Å². The van der Waals surface area contributed by atoms with Crippen LogP contribution in [0.1, 0.15) is 24.4 Å². The predicted octanol–water partition coefficient (Wildman–Crippen LogP) is 2.96. The van der Waals surface area contributed by atoms with Crippen LogP contribution in [-0.2, 0) is 14.8 Å². The van der Waals surface area contributed by atoms with Crippen molar-refractivity contribution in [2.45, 2.75) is 25.2 Å². The maximum atomic E-state index is 13.6. The minimum Gasteiger partial charge on any atom is -0.494 e. The van der Waals surface area contributed by atoms with Gasteiger partial charge in [0.1, 0.15) is 28.5 Å². The van der Waals surface area contributed by atoms with Gasteiger partial charge >= 0.3 is 0 Å². The zero-order chi connectivity index (χ0) is 26.6. The van der Waals surface area contributed by atoms with Crippen LogP contribution in [0.5, 0.6) is 11.5 Å². The highest BCUT2D eigenvalue weighted by molar-refractivity contribution is 7.93. The maximum absolute atomic E-state index is 13.6. The van der Waals surface area contributed by atoms with Crippen LogP contribution in [0.25, 0.3) is 17.1 Å². The van der Waals surface area contributed by atoms with Crippen LogP contribution in [0.3, 0.4) is 0 Å². The molecule has 1 N–H and O–H groups in total. The lowest BCUT2D eigenvalue weighted by Gasteiger charge is -2.23. The molecule has 4 aromatic rings. The highest BCUT2D eigenvalue weighted by Crippen LogP contribution is 2.38. The summed E-state index contributed by atoms with van der Waals surface area (Å²) in [5, 5.41) is 7.37. The second-order valence-corrected chi connectivity index (χ2v) is 10.1. The lowest BCUT2D eigenvalue weighted by molar-refractivity contribution is 0.0985. The Morgan fingerprint density at radius 3 is 2.24 bits per heavy atom. The summed E-state index contributed by atoms with van der Waals surface area (Å²) in [6.07, 6.45) is 5.38. The van der Waals surface area contributed by atoms with Crippen LogP contribution in [0.2, 0.25) is 0 Å². The molecule has 4 rings (SSSR count). The summed E-state index contributed by atoms with van der Waals surface area (Å²) in [6.45, 7) is 3.31. The molecule has 0 aliphatic carbocycles. The quantitative estimate of drug-likeness (QED) is 0.328. The summed E-state index contributed by atoms with van der Waals surface area (Å²) in [5.41, 5.74) is 2.10. The van der Waals surface area contributed by atoms with Crippen LogP contribution in [0.15, 0.2) is 55.1 Å². The number of nitrogens with zero attached hydrogens (tertiary/aromatic N) is 6. The van der Waals surface area contributed by atoms with E-state index in [1.165, 1.54) is 39.0 Å². The minimum absolute atomic E-state index is 0.0710. The highest BCUT2D eigenvalue weighted by Gasteiger charge is 2.34. The van der Waals surface area contributed by atoms with Crippen molar-refractivity contribution >= 4 is 16.0 Å². The zero-order valence-electron chi connectivity index (χ0n) is 21.0. The molecule has 3 heterocycles. The van der Waals surface area contributed by atoms with Gasteiger partial charge in [-0.1, -0.05) is 6.07 Å². The van der Waals surface area contributed by atoms with Crippen molar-refractivity contribution in [2.24, 2.45) is 0 Å². The van der Waals surface area contributed by atoms with Gasteiger partial charge < -0.3 is 14.2 Å². The molecule has 12 nitrogen and oxygen atoms in total. The van der Waals surface area contributed by atoms with E-state index in [2.05, 4.69) is 29.9 Å². The fourth-order valence-corrected chi connectivity index (χ4v) is 4.93. The first kappa shape index (κ1) is 26.0. The fraction of sp³-hybridized carbons (Fsp3) is 0.292. The summed E-state index contributed by atoms with van der Waals surface area (Å²) >= 11 is 0. The molecular formula is C24H27N7O5S. The SMILES string of the molecule is COc1cccc(OC)c1-n1c(NS(=O)(=O)[C@@H](C)[C@@H](OC)c2cnc(C)cn2)nnc1-c1cccnc1. The minimum atomic E-state index is -4.08. The molecule has 3 aromatic heterocycles. The van der Waals surface area contributed by atoms with Gasteiger partial charge in [-0.05, 0) is 38.1 Å². The van der Waals surface area contributed by atoms with Gasteiger partial charge in [-0.15, -0.1) is 10.2 Å². The Kier molecular flexibility index (Phi) is 7.64. The molecule has 0 unspecified atom stereocenters. The Labute approximate surface area is 214 Å².